The molecule has 25 heavy (non-hydrogen) atoms. The SMILES string of the molecule is Cc1cc(C2C(c3ccccn3)NC(=S)N2C2CCCC2)c(C)n1C. The average molecular weight is 355 g/mol. The first-order valence-corrected chi connectivity index (χ1v) is 9.61. The topological polar surface area (TPSA) is 33.1 Å². The lowest BCUT2D eigenvalue weighted by Crippen LogP contribution is -2.37. The fourth-order valence-corrected chi connectivity index (χ4v) is 4.85. The van der Waals surface area contributed by atoms with Crippen LogP contribution in [0.25, 0.3) is 0 Å². The molecule has 0 radical (unpaired) electrons. The first-order chi connectivity index (χ1) is 12.1. The summed E-state index contributed by atoms with van der Waals surface area (Å²) in [5.74, 6) is 0. The van der Waals surface area contributed by atoms with Gasteiger partial charge in [0.25, 0.3) is 0 Å². The number of thiocarbonyl (C=S) groups is 1. The van der Waals surface area contributed by atoms with E-state index < -0.39 is 0 Å². The molecule has 3 heterocycles. The Morgan fingerprint density at radius 1 is 1.20 bits per heavy atom. The third kappa shape index (κ3) is 2.74. The largest absolute Gasteiger partial charge is 0.352 e. The summed E-state index contributed by atoms with van der Waals surface area (Å²) in [6.45, 7) is 4.39. The number of hydrogen-bond donors (Lipinski definition) is 1. The summed E-state index contributed by atoms with van der Waals surface area (Å²) in [7, 11) is 2.14. The van der Waals surface area contributed by atoms with Crippen LogP contribution < -0.4 is 5.32 Å². The second-order valence-corrected chi connectivity index (χ2v) is 7.74. The van der Waals surface area contributed by atoms with E-state index in [-0.39, 0.29) is 12.1 Å². The van der Waals surface area contributed by atoms with Crippen LogP contribution in [0.3, 0.4) is 0 Å². The summed E-state index contributed by atoms with van der Waals surface area (Å²) < 4.78 is 2.28. The van der Waals surface area contributed by atoms with Crippen LogP contribution in [-0.2, 0) is 7.05 Å². The Bertz CT molecular complexity index is 776. The number of pyridine rings is 1. The minimum absolute atomic E-state index is 0.106. The minimum atomic E-state index is 0.106. The monoisotopic (exact) mass is 354 g/mol. The molecular formula is C20H26N4S. The van der Waals surface area contributed by atoms with Crippen molar-refractivity contribution in [1.82, 2.24) is 19.8 Å². The predicted octanol–water partition coefficient (Wildman–Crippen LogP) is 3.95. The maximum Gasteiger partial charge on any atom is 0.170 e. The molecule has 5 heteroatoms. The molecule has 0 amide bonds. The number of nitrogens with one attached hydrogen (secondary N) is 1. The van der Waals surface area contributed by atoms with E-state index in [0.717, 1.165) is 10.8 Å². The molecule has 1 saturated carbocycles. The molecule has 2 aromatic heterocycles. The fraction of sp³-hybridized carbons (Fsp3) is 0.500. The van der Waals surface area contributed by atoms with Crippen LogP contribution in [0.2, 0.25) is 0 Å². The summed E-state index contributed by atoms with van der Waals surface area (Å²) in [6.07, 6.45) is 6.95. The Labute approximate surface area is 155 Å². The van der Waals surface area contributed by atoms with E-state index in [1.807, 2.05) is 12.3 Å². The van der Waals surface area contributed by atoms with Gasteiger partial charge in [-0.2, -0.15) is 0 Å². The van der Waals surface area contributed by atoms with Crippen LogP contribution in [-0.4, -0.2) is 25.6 Å². The number of aryl methyl sites for hydroxylation is 1. The molecule has 1 saturated heterocycles. The van der Waals surface area contributed by atoms with E-state index >= 15 is 0 Å². The molecular weight excluding hydrogens is 328 g/mol. The zero-order valence-electron chi connectivity index (χ0n) is 15.2. The van der Waals surface area contributed by atoms with E-state index in [9.17, 15) is 0 Å². The van der Waals surface area contributed by atoms with Crippen molar-refractivity contribution in [3.05, 3.63) is 53.1 Å². The van der Waals surface area contributed by atoms with Crippen molar-refractivity contribution in [2.24, 2.45) is 7.05 Å². The van der Waals surface area contributed by atoms with Gasteiger partial charge in [0.1, 0.15) is 0 Å². The zero-order valence-corrected chi connectivity index (χ0v) is 16.0. The normalized spacial score (nSPS) is 24.1. The molecule has 132 valence electrons. The van der Waals surface area contributed by atoms with Crippen molar-refractivity contribution in [2.45, 2.75) is 57.7 Å². The standard InChI is InChI=1S/C20H26N4S/c1-13-12-16(14(2)23(13)3)19-18(17-10-6-7-11-21-17)22-20(25)24(19)15-8-4-5-9-15/h6-7,10-12,15,18-19H,4-5,8-9H2,1-3H3,(H,22,25). The van der Waals surface area contributed by atoms with E-state index in [2.05, 4.69) is 58.9 Å². The van der Waals surface area contributed by atoms with Gasteiger partial charge < -0.3 is 14.8 Å². The maximum atomic E-state index is 5.79. The zero-order chi connectivity index (χ0) is 17.6. The Balaban J connectivity index is 1.81. The van der Waals surface area contributed by atoms with Crippen molar-refractivity contribution in [2.75, 3.05) is 0 Å². The molecule has 2 atom stereocenters. The maximum absolute atomic E-state index is 5.79. The molecule has 4 nitrogen and oxygen atoms in total. The Morgan fingerprint density at radius 3 is 2.56 bits per heavy atom. The third-order valence-electron chi connectivity index (χ3n) is 5.99. The summed E-state index contributed by atoms with van der Waals surface area (Å²) in [5.41, 5.74) is 5.04. The van der Waals surface area contributed by atoms with Gasteiger partial charge in [0, 0.05) is 30.7 Å². The molecule has 0 bridgehead atoms. The van der Waals surface area contributed by atoms with Gasteiger partial charge in [-0.15, -0.1) is 0 Å². The Kier molecular flexibility index (Phi) is 4.28. The van der Waals surface area contributed by atoms with Crippen molar-refractivity contribution < 1.29 is 0 Å². The number of hydrogen-bond acceptors (Lipinski definition) is 2. The summed E-state index contributed by atoms with van der Waals surface area (Å²) in [5, 5.41) is 4.47. The number of rotatable bonds is 3. The Morgan fingerprint density at radius 2 is 1.96 bits per heavy atom. The first kappa shape index (κ1) is 16.6. The summed E-state index contributed by atoms with van der Waals surface area (Å²) in [6, 6.07) is 9.33. The van der Waals surface area contributed by atoms with E-state index in [4.69, 9.17) is 12.2 Å². The van der Waals surface area contributed by atoms with Gasteiger partial charge in [0.05, 0.1) is 17.8 Å². The van der Waals surface area contributed by atoms with Crippen LogP contribution in [0.15, 0.2) is 30.5 Å². The van der Waals surface area contributed by atoms with E-state index in [1.165, 1.54) is 42.6 Å². The van der Waals surface area contributed by atoms with Crippen molar-refractivity contribution in [1.29, 1.82) is 0 Å². The lowest BCUT2D eigenvalue weighted by Gasteiger charge is -2.33. The second-order valence-electron chi connectivity index (χ2n) is 7.36. The highest BCUT2D eigenvalue weighted by Gasteiger charge is 2.44. The van der Waals surface area contributed by atoms with Crippen LogP contribution >= 0.6 is 12.2 Å². The fourth-order valence-electron chi connectivity index (χ4n) is 4.46. The molecule has 2 aliphatic rings. The highest BCUT2D eigenvalue weighted by atomic mass is 32.1. The van der Waals surface area contributed by atoms with Crippen LogP contribution in [0.4, 0.5) is 0 Å². The van der Waals surface area contributed by atoms with Crippen molar-refractivity contribution >= 4 is 17.3 Å². The molecule has 1 aliphatic carbocycles. The Hall–Kier alpha value is -1.88. The van der Waals surface area contributed by atoms with E-state index in [0.29, 0.717) is 6.04 Å². The molecule has 2 fully saturated rings. The highest BCUT2D eigenvalue weighted by molar-refractivity contribution is 7.80. The van der Waals surface area contributed by atoms with Gasteiger partial charge in [0.2, 0.25) is 0 Å². The average Bonchev–Trinajstić information content (AvgIpc) is 3.31. The van der Waals surface area contributed by atoms with Gasteiger partial charge in [-0.1, -0.05) is 18.9 Å². The highest BCUT2D eigenvalue weighted by Crippen LogP contribution is 2.44. The van der Waals surface area contributed by atoms with Gasteiger partial charge >= 0.3 is 0 Å². The van der Waals surface area contributed by atoms with Gasteiger partial charge in [-0.05, 0) is 62.7 Å². The summed E-state index contributed by atoms with van der Waals surface area (Å²) >= 11 is 5.79. The second kappa shape index (κ2) is 6.45. The molecule has 0 aromatic carbocycles. The molecule has 0 spiro atoms. The lowest BCUT2D eigenvalue weighted by molar-refractivity contribution is 0.245. The smallest absolute Gasteiger partial charge is 0.170 e. The van der Waals surface area contributed by atoms with Crippen molar-refractivity contribution in [3.63, 3.8) is 0 Å². The summed E-state index contributed by atoms with van der Waals surface area (Å²) in [4.78, 5) is 7.11. The van der Waals surface area contributed by atoms with Crippen molar-refractivity contribution in [3.8, 4) is 0 Å². The third-order valence-corrected chi connectivity index (χ3v) is 6.32. The molecule has 4 rings (SSSR count). The van der Waals surface area contributed by atoms with Crippen LogP contribution in [0.1, 0.15) is 60.4 Å². The van der Waals surface area contributed by atoms with Gasteiger partial charge in [-0.25, -0.2) is 0 Å². The van der Waals surface area contributed by atoms with Crippen LogP contribution in [0.5, 0.6) is 0 Å². The molecule has 2 unspecified atom stereocenters. The molecule has 1 N–H and O–H groups in total. The van der Waals surface area contributed by atoms with E-state index in [1.54, 1.807) is 0 Å². The van der Waals surface area contributed by atoms with Gasteiger partial charge in [0.15, 0.2) is 5.11 Å². The molecule has 2 aromatic rings. The van der Waals surface area contributed by atoms with Gasteiger partial charge in [-0.3, -0.25) is 4.98 Å². The lowest BCUT2D eigenvalue weighted by atomic mass is 9.95. The predicted molar refractivity (Wildman–Crippen MR) is 104 cm³/mol. The molecule has 1 aliphatic heterocycles. The number of aromatic nitrogens is 2. The van der Waals surface area contributed by atoms with Crippen LogP contribution in [0, 0.1) is 13.8 Å². The first-order valence-electron chi connectivity index (χ1n) is 9.20. The quantitative estimate of drug-likeness (QED) is 0.846. The minimum Gasteiger partial charge on any atom is -0.352 e. The number of nitrogens with zero attached hydrogens (tertiary/aromatic N) is 3.